The van der Waals surface area contributed by atoms with Crippen LogP contribution in [0.5, 0.6) is 0 Å². The summed E-state index contributed by atoms with van der Waals surface area (Å²) >= 11 is 1.82. The minimum Gasteiger partial charge on any atom is -0.358 e. The summed E-state index contributed by atoms with van der Waals surface area (Å²) in [6.45, 7) is 0.828. The highest BCUT2D eigenvalue weighted by atomic mass is 32.2. The van der Waals surface area contributed by atoms with E-state index in [1.165, 1.54) is 6.42 Å². The Morgan fingerprint density at radius 1 is 1.37 bits per heavy atom. The van der Waals surface area contributed by atoms with Crippen molar-refractivity contribution in [2.45, 2.75) is 31.9 Å². The molecular formula is C13H18N4OS. The van der Waals surface area contributed by atoms with Gasteiger partial charge in [-0.15, -0.1) is 0 Å². The van der Waals surface area contributed by atoms with Gasteiger partial charge in [0.05, 0.1) is 12.0 Å². The molecule has 0 N–H and O–H groups in total. The maximum Gasteiger partial charge on any atom is 0.165 e. The summed E-state index contributed by atoms with van der Waals surface area (Å²) in [6.07, 6.45) is 10.00. The molecule has 6 heteroatoms. The van der Waals surface area contributed by atoms with E-state index in [4.69, 9.17) is 4.74 Å². The van der Waals surface area contributed by atoms with Gasteiger partial charge in [0, 0.05) is 13.0 Å². The number of fused-ring (bicyclic) bond motifs is 1. The Morgan fingerprint density at radius 3 is 3.11 bits per heavy atom. The quantitative estimate of drug-likeness (QED) is 0.859. The Kier molecular flexibility index (Phi) is 3.98. The maximum atomic E-state index is 5.81. The summed E-state index contributed by atoms with van der Waals surface area (Å²) in [4.78, 5) is 13.2. The van der Waals surface area contributed by atoms with E-state index in [1.807, 2.05) is 18.1 Å². The summed E-state index contributed by atoms with van der Waals surface area (Å²) < 4.78 is 7.86. The highest BCUT2D eigenvalue weighted by Crippen LogP contribution is 2.26. The van der Waals surface area contributed by atoms with Gasteiger partial charge in [-0.25, -0.2) is 15.0 Å². The van der Waals surface area contributed by atoms with Crippen LogP contribution in [0.25, 0.3) is 11.2 Å². The van der Waals surface area contributed by atoms with Gasteiger partial charge < -0.3 is 4.74 Å². The second kappa shape index (κ2) is 5.88. The van der Waals surface area contributed by atoms with Crippen LogP contribution >= 0.6 is 11.8 Å². The Bertz CT molecular complexity index is 551. The number of thioether (sulfide) groups is 1. The fraction of sp³-hybridized carbons (Fsp3) is 0.615. The van der Waals surface area contributed by atoms with Crippen LogP contribution in [0.15, 0.2) is 12.7 Å². The van der Waals surface area contributed by atoms with Crippen LogP contribution in [0, 0.1) is 0 Å². The normalized spacial score (nSPS) is 19.9. The molecule has 5 nitrogen and oxygen atoms in total. The zero-order valence-electron chi connectivity index (χ0n) is 11.1. The first kappa shape index (κ1) is 12.9. The maximum absolute atomic E-state index is 5.81. The molecule has 2 aromatic heterocycles. The molecule has 0 bridgehead atoms. The van der Waals surface area contributed by atoms with E-state index in [9.17, 15) is 0 Å². The van der Waals surface area contributed by atoms with Crippen LogP contribution in [-0.4, -0.2) is 38.1 Å². The molecule has 3 heterocycles. The number of hydrogen-bond acceptors (Lipinski definition) is 5. The number of hydrogen-bond donors (Lipinski definition) is 0. The first-order valence-corrected chi connectivity index (χ1v) is 8.06. The molecule has 1 fully saturated rings. The van der Waals surface area contributed by atoms with E-state index < -0.39 is 0 Å². The minimum atomic E-state index is 0.0852. The molecule has 3 rings (SSSR count). The number of ether oxygens (including phenoxy) is 1. The lowest BCUT2D eigenvalue weighted by molar-refractivity contribution is -0.0298. The van der Waals surface area contributed by atoms with Gasteiger partial charge in [-0.05, 0) is 31.3 Å². The third-order valence-electron chi connectivity index (χ3n) is 3.44. The fourth-order valence-electron chi connectivity index (χ4n) is 2.44. The molecule has 0 aliphatic carbocycles. The Labute approximate surface area is 116 Å². The van der Waals surface area contributed by atoms with Crippen LogP contribution in [-0.2, 0) is 11.2 Å². The molecule has 2 aromatic rings. The van der Waals surface area contributed by atoms with Crippen LogP contribution < -0.4 is 0 Å². The molecule has 1 aliphatic rings. The van der Waals surface area contributed by atoms with Gasteiger partial charge in [0.2, 0.25) is 0 Å². The van der Waals surface area contributed by atoms with Crippen LogP contribution in [0.1, 0.15) is 31.2 Å². The largest absolute Gasteiger partial charge is 0.358 e. The van der Waals surface area contributed by atoms with Crippen molar-refractivity contribution in [2.24, 2.45) is 0 Å². The Hall–Kier alpha value is -1.14. The van der Waals surface area contributed by atoms with Crippen molar-refractivity contribution in [1.82, 2.24) is 19.5 Å². The van der Waals surface area contributed by atoms with Crippen molar-refractivity contribution >= 4 is 22.9 Å². The summed E-state index contributed by atoms with van der Waals surface area (Å²) in [5.41, 5.74) is 2.86. The third kappa shape index (κ3) is 2.60. The average molecular weight is 278 g/mol. The predicted octanol–water partition coefficient (Wildman–Crippen LogP) is 2.43. The minimum absolute atomic E-state index is 0.0852. The van der Waals surface area contributed by atoms with Gasteiger partial charge in [0.1, 0.15) is 18.1 Å². The molecular weight excluding hydrogens is 260 g/mol. The Balaban J connectivity index is 1.94. The zero-order valence-corrected chi connectivity index (χ0v) is 11.9. The fourth-order valence-corrected chi connectivity index (χ4v) is 2.83. The zero-order chi connectivity index (χ0) is 13.1. The second-order valence-electron chi connectivity index (χ2n) is 4.71. The monoisotopic (exact) mass is 278 g/mol. The summed E-state index contributed by atoms with van der Waals surface area (Å²) in [7, 11) is 0. The van der Waals surface area contributed by atoms with E-state index >= 15 is 0 Å². The molecule has 0 spiro atoms. The average Bonchev–Trinajstić information content (AvgIpc) is 2.90. The van der Waals surface area contributed by atoms with Gasteiger partial charge in [-0.3, -0.25) is 4.57 Å². The van der Waals surface area contributed by atoms with Gasteiger partial charge >= 0.3 is 0 Å². The molecule has 0 aromatic carbocycles. The number of rotatable bonds is 4. The molecule has 19 heavy (non-hydrogen) atoms. The highest BCUT2D eigenvalue weighted by molar-refractivity contribution is 7.98. The van der Waals surface area contributed by atoms with Crippen molar-refractivity contribution in [2.75, 3.05) is 18.6 Å². The molecule has 1 aliphatic heterocycles. The van der Waals surface area contributed by atoms with Crippen molar-refractivity contribution in [3.8, 4) is 0 Å². The molecule has 0 radical (unpaired) electrons. The van der Waals surface area contributed by atoms with Crippen LogP contribution in [0.2, 0.25) is 0 Å². The molecule has 0 saturated carbocycles. The molecule has 1 saturated heterocycles. The second-order valence-corrected chi connectivity index (χ2v) is 5.69. The third-order valence-corrected chi connectivity index (χ3v) is 4.06. The first-order valence-electron chi connectivity index (χ1n) is 6.67. The number of aromatic nitrogens is 4. The molecule has 1 unspecified atom stereocenters. The van der Waals surface area contributed by atoms with E-state index in [0.29, 0.717) is 0 Å². The lowest BCUT2D eigenvalue weighted by Crippen LogP contribution is -2.17. The Morgan fingerprint density at radius 2 is 2.32 bits per heavy atom. The highest BCUT2D eigenvalue weighted by Gasteiger charge is 2.19. The molecule has 0 amide bonds. The standard InChI is InChI=1S/C13H18N4OS/c1-19-7-5-10-12-13(15-8-14-10)17(9-16-12)11-4-2-3-6-18-11/h8-9,11H,2-7H2,1H3. The van der Waals surface area contributed by atoms with Gasteiger partial charge in [0.25, 0.3) is 0 Å². The molecule has 102 valence electrons. The molecule has 1 atom stereocenters. The van der Waals surface area contributed by atoms with Gasteiger partial charge in [-0.1, -0.05) is 0 Å². The smallest absolute Gasteiger partial charge is 0.165 e. The number of nitrogens with zero attached hydrogens (tertiary/aromatic N) is 4. The van der Waals surface area contributed by atoms with Gasteiger partial charge in [0.15, 0.2) is 5.65 Å². The van der Waals surface area contributed by atoms with Crippen molar-refractivity contribution in [3.63, 3.8) is 0 Å². The number of imidazole rings is 1. The van der Waals surface area contributed by atoms with E-state index in [2.05, 4.69) is 25.8 Å². The summed E-state index contributed by atoms with van der Waals surface area (Å²) in [5, 5.41) is 0. The lowest BCUT2D eigenvalue weighted by Gasteiger charge is -2.23. The number of aryl methyl sites for hydroxylation is 1. The first-order chi connectivity index (χ1) is 9.40. The predicted molar refractivity (Wildman–Crippen MR) is 76.2 cm³/mol. The SMILES string of the molecule is CSCCc1ncnc2c1ncn2C1CCCCO1. The van der Waals surface area contributed by atoms with Crippen LogP contribution in [0.4, 0.5) is 0 Å². The topological polar surface area (TPSA) is 52.8 Å². The van der Waals surface area contributed by atoms with Crippen LogP contribution in [0.3, 0.4) is 0 Å². The van der Waals surface area contributed by atoms with E-state index in [-0.39, 0.29) is 6.23 Å². The van der Waals surface area contributed by atoms with E-state index in [1.54, 1.807) is 6.33 Å². The lowest BCUT2D eigenvalue weighted by atomic mass is 10.2. The van der Waals surface area contributed by atoms with Crippen molar-refractivity contribution < 1.29 is 4.74 Å². The summed E-state index contributed by atoms with van der Waals surface area (Å²) in [5.74, 6) is 1.05. The summed E-state index contributed by atoms with van der Waals surface area (Å²) in [6, 6.07) is 0. The van der Waals surface area contributed by atoms with Crippen molar-refractivity contribution in [3.05, 3.63) is 18.3 Å². The van der Waals surface area contributed by atoms with Gasteiger partial charge in [-0.2, -0.15) is 11.8 Å². The van der Waals surface area contributed by atoms with E-state index in [0.717, 1.165) is 48.5 Å². The van der Waals surface area contributed by atoms with Crippen molar-refractivity contribution in [1.29, 1.82) is 0 Å².